The average Bonchev–Trinajstić information content (AvgIpc) is 3.44. The van der Waals surface area contributed by atoms with E-state index in [1.165, 1.54) is 4.90 Å². The molecule has 1 aliphatic rings. The zero-order chi connectivity index (χ0) is 34.6. The van der Waals surface area contributed by atoms with Crippen LogP contribution in [0.25, 0.3) is 5.65 Å². The Labute approximate surface area is 279 Å². The van der Waals surface area contributed by atoms with Gasteiger partial charge >= 0.3 is 12.2 Å². The molecule has 47 heavy (non-hydrogen) atoms. The molecule has 13 heteroatoms. The molecule has 0 saturated carbocycles. The number of benzene rings is 1. The second kappa shape index (κ2) is 14.5. The quantitative estimate of drug-likeness (QED) is 0.156. The van der Waals surface area contributed by atoms with Crippen molar-refractivity contribution in [1.82, 2.24) is 19.5 Å². The molecule has 258 valence electrons. The molecule has 1 aliphatic heterocycles. The monoisotopic (exact) mass is 668 g/mol. The molecular formula is C34H52N6O6Si. The van der Waals surface area contributed by atoms with Crippen molar-refractivity contribution in [3.05, 3.63) is 42.1 Å². The maximum absolute atomic E-state index is 14.2. The zero-order valence-corrected chi connectivity index (χ0v) is 30.4. The summed E-state index contributed by atoms with van der Waals surface area (Å²) >= 11 is 0. The van der Waals surface area contributed by atoms with Crippen LogP contribution in [0.15, 0.2) is 36.5 Å². The van der Waals surface area contributed by atoms with Crippen molar-refractivity contribution >= 4 is 43.5 Å². The smallest absolute Gasteiger partial charge is 0.420 e. The fourth-order valence-corrected chi connectivity index (χ4v) is 6.36. The number of carbonyl (C=O) groups excluding carboxylic acids is 1. The van der Waals surface area contributed by atoms with Gasteiger partial charge in [-0.05, 0) is 95.8 Å². The van der Waals surface area contributed by atoms with E-state index in [1.54, 1.807) is 21.7 Å². The van der Waals surface area contributed by atoms with Crippen LogP contribution in [0.5, 0.6) is 5.75 Å². The molecule has 3 aromatic rings. The van der Waals surface area contributed by atoms with Gasteiger partial charge < -0.3 is 29.2 Å². The van der Waals surface area contributed by atoms with Crippen molar-refractivity contribution in [2.24, 2.45) is 0 Å². The first-order valence-corrected chi connectivity index (χ1v) is 19.4. The minimum Gasteiger partial charge on any atom is -0.494 e. The van der Waals surface area contributed by atoms with Crippen molar-refractivity contribution in [3.63, 3.8) is 0 Å². The normalized spacial score (nSPS) is 15.9. The van der Waals surface area contributed by atoms with Gasteiger partial charge in [0.15, 0.2) is 19.8 Å². The number of amides is 2. The van der Waals surface area contributed by atoms with Gasteiger partial charge in [-0.1, -0.05) is 20.8 Å². The van der Waals surface area contributed by atoms with Crippen LogP contribution in [0.1, 0.15) is 73.3 Å². The van der Waals surface area contributed by atoms with Crippen LogP contribution in [0.3, 0.4) is 0 Å². The lowest BCUT2D eigenvalue weighted by molar-refractivity contribution is 0.0597. The number of likely N-dealkylation sites (tertiary alicyclic amines) is 1. The van der Waals surface area contributed by atoms with E-state index < -0.39 is 26.1 Å². The first-order chi connectivity index (χ1) is 22.0. The molecule has 0 bridgehead atoms. The number of piperidine rings is 1. The summed E-state index contributed by atoms with van der Waals surface area (Å²) in [5, 5.41) is 18.0. The second-order valence-corrected chi connectivity index (χ2v) is 19.3. The van der Waals surface area contributed by atoms with Crippen LogP contribution >= 0.6 is 0 Å². The van der Waals surface area contributed by atoms with Gasteiger partial charge in [0, 0.05) is 37.4 Å². The van der Waals surface area contributed by atoms with Gasteiger partial charge in [0.1, 0.15) is 17.2 Å². The Morgan fingerprint density at radius 2 is 1.81 bits per heavy atom. The molecular weight excluding hydrogens is 616 g/mol. The second-order valence-electron chi connectivity index (χ2n) is 14.5. The fraction of sp³-hybridized carbons (Fsp3) is 0.588. The van der Waals surface area contributed by atoms with Crippen LogP contribution in [0, 0.1) is 0 Å². The van der Waals surface area contributed by atoms with Gasteiger partial charge in [-0.15, -0.1) is 0 Å². The van der Waals surface area contributed by atoms with Crippen LogP contribution in [0.4, 0.5) is 26.9 Å². The molecule has 0 radical (unpaired) electrons. The van der Waals surface area contributed by atoms with Crippen LogP contribution in [-0.2, 0) is 15.6 Å². The highest BCUT2D eigenvalue weighted by Gasteiger charge is 2.37. The minimum atomic E-state index is -1.99. The highest BCUT2D eigenvalue weighted by atomic mass is 28.4. The molecule has 2 amide bonds. The largest absolute Gasteiger partial charge is 0.494 e. The SMILES string of the molecule is CCOc1ccc(N(C(=O)OC(C)(C)C)c2c(CCCO[Si](C)(C)C(C)(C)C)c(N[C@H]3CCCN(C(=O)O)C3)nc3ccnn23)cc1. The minimum absolute atomic E-state index is 0.0680. The molecule has 0 spiro atoms. The summed E-state index contributed by atoms with van der Waals surface area (Å²) in [6.45, 7) is 20.4. The highest BCUT2D eigenvalue weighted by molar-refractivity contribution is 6.74. The first-order valence-electron chi connectivity index (χ1n) is 16.5. The topological polar surface area (TPSA) is 131 Å². The number of nitrogens with zero attached hydrogens (tertiary/aromatic N) is 5. The van der Waals surface area contributed by atoms with E-state index >= 15 is 0 Å². The first kappa shape index (κ1) is 36.0. The lowest BCUT2D eigenvalue weighted by atomic mass is 10.0. The lowest BCUT2D eigenvalue weighted by Crippen LogP contribution is -2.44. The Balaban J connectivity index is 1.85. The van der Waals surface area contributed by atoms with E-state index in [0.717, 1.165) is 18.4 Å². The Bertz CT molecular complexity index is 1530. The Morgan fingerprint density at radius 3 is 2.43 bits per heavy atom. The summed E-state index contributed by atoms with van der Waals surface area (Å²) in [6.07, 6.45) is 2.85. The summed E-state index contributed by atoms with van der Waals surface area (Å²) in [4.78, 5) is 34.0. The number of carboxylic acid groups (broad SMARTS) is 1. The number of carbonyl (C=O) groups is 2. The third kappa shape index (κ3) is 8.95. The lowest BCUT2D eigenvalue weighted by Gasteiger charge is -2.36. The predicted octanol–water partition coefficient (Wildman–Crippen LogP) is 7.71. The van der Waals surface area contributed by atoms with E-state index in [9.17, 15) is 14.7 Å². The van der Waals surface area contributed by atoms with E-state index in [0.29, 0.717) is 67.9 Å². The van der Waals surface area contributed by atoms with Gasteiger partial charge in [-0.2, -0.15) is 9.61 Å². The zero-order valence-electron chi connectivity index (χ0n) is 29.4. The van der Waals surface area contributed by atoms with Gasteiger partial charge in [-0.25, -0.2) is 19.5 Å². The molecule has 1 atom stereocenters. The van der Waals surface area contributed by atoms with Crippen molar-refractivity contribution in [2.75, 3.05) is 36.5 Å². The Morgan fingerprint density at radius 1 is 1.11 bits per heavy atom. The third-order valence-corrected chi connectivity index (χ3v) is 13.2. The molecule has 3 heterocycles. The molecule has 1 saturated heterocycles. The Hall–Kier alpha value is -3.84. The molecule has 2 aromatic heterocycles. The van der Waals surface area contributed by atoms with E-state index in [-0.39, 0.29) is 11.1 Å². The van der Waals surface area contributed by atoms with Crippen molar-refractivity contribution in [2.45, 2.75) is 104 Å². The molecule has 0 aliphatic carbocycles. The number of nitrogens with one attached hydrogen (secondary N) is 1. The summed E-state index contributed by atoms with van der Waals surface area (Å²) < 4.78 is 19.9. The standard InChI is InChI=1S/C34H52N6O6Si/c1-10-44-26-17-15-25(16-18-26)39(32(43)46-33(2,3)4)30-27(14-12-22-45-47(8,9)34(5,6)7)29(37-28-19-20-35-40(28)30)36-24-13-11-21-38(23-24)31(41)42/h15-20,24H,10-14,21-23H2,1-9H3,(H,36,37)(H,41,42)/t24-/m0/s1. The van der Waals surface area contributed by atoms with Crippen molar-refractivity contribution in [3.8, 4) is 5.75 Å². The highest BCUT2D eigenvalue weighted by Crippen LogP contribution is 2.38. The summed E-state index contributed by atoms with van der Waals surface area (Å²) in [7, 11) is -1.99. The molecule has 2 N–H and O–H groups in total. The van der Waals surface area contributed by atoms with Gasteiger partial charge in [0.25, 0.3) is 0 Å². The van der Waals surface area contributed by atoms with Gasteiger partial charge in [-0.3, -0.25) is 0 Å². The molecule has 1 aromatic carbocycles. The number of aromatic nitrogens is 3. The molecule has 1 fully saturated rings. The number of rotatable bonds is 11. The van der Waals surface area contributed by atoms with E-state index in [2.05, 4.69) is 44.3 Å². The maximum Gasteiger partial charge on any atom is 0.420 e. The van der Waals surface area contributed by atoms with Crippen molar-refractivity contribution < 1.29 is 28.6 Å². The number of anilines is 3. The number of ether oxygens (including phenoxy) is 2. The number of hydrogen-bond donors (Lipinski definition) is 2. The maximum atomic E-state index is 14.2. The molecule has 12 nitrogen and oxygen atoms in total. The van der Waals surface area contributed by atoms with Gasteiger partial charge in [0.2, 0.25) is 0 Å². The molecule has 0 unspecified atom stereocenters. The van der Waals surface area contributed by atoms with Crippen molar-refractivity contribution in [1.29, 1.82) is 0 Å². The fourth-order valence-electron chi connectivity index (χ4n) is 5.27. The summed E-state index contributed by atoms with van der Waals surface area (Å²) in [6, 6.07) is 8.93. The third-order valence-electron chi connectivity index (χ3n) is 8.67. The van der Waals surface area contributed by atoms with Crippen LogP contribution < -0.4 is 15.0 Å². The van der Waals surface area contributed by atoms with Crippen LogP contribution in [0.2, 0.25) is 18.1 Å². The van der Waals surface area contributed by atoms with E-state index in [4.69, 9.17) is 18.9 Å². The van der Waals surface area contributed by atoms with Gasteiger partial charge in [0.05, 0.1) is 18.5 Å². The number of fused-ring (bicyclic) bond motifs is 1. The van der Waals surface area contributed by atoms with E-state index in [1.807, 2.05) is 52.0 Å². The Kier molecular flexibility index (Phi) is 11.1. The predicted molar refractivity (Wildman–Crippen MR) is 187 cm³/mol. The average molecular weight is 669 g/mol. The molecule has 4 rings (SSSR count). The summed E-state index contributed by atoms with van der Waals surface area (Å²) in [5.41, 5.74) is 1.10. The van der Waals surface area contributed by atoms with Crippen LogP contribution in [-0.4, -0.2) is 83.1 Å². The number of hydrogen-bond acceptors (Lipinski definition) is 8. The summed E-state index contributed by atoms with van der Waals surface area (Å²) in [5.74, 6) is 1.76.